The number of sulfonamides is 1. The molecule has 0 saturated heterocycles. The molecule has 202 valence electrons. The molecule has 0 unspecified atom stereocenters. The van der Waals surface area contributed by atoms with Crippen LogP contribution >= 0.6 is 34.8 Å². The molecule has 3 aromatic rings. The fraction of sp³-hybridized carbons (Fsp3) is 0.259. The second kappa shape index (κ2) is 12.8. The van der Waals surface area contributed by atoms with Gasteiger partial charge in [0.1, 0.15) is 12.6 Å². The van der Waals surface area contributed by atoms with E-state index in [4.69, 9.17) is 34.8 Å². The number of aryl methyl sites for hydroxylation is 1. The van der Waals surface area contributed by atoms with E-state index in [1.54, 1.807) is 62.4 Å². The van der Waals surface area contributed by atoms with E-state index < -0.39 is 34.4 Å². The number of anilines is 1. The molecule has 0 radical (unpaired) electrons. The van der Waals surface area contributed by atoms with Crippen LogP contribution in [0.15, 0.2) is 71.6 Å². The molecule has 11 heteroatoms. The summed E-state index contributed by atoms with van der Waals surface area (Å²) in [6, 6.07) is 16.6. The van der Waals surface area contributed by atoms with Crippen molar-refractivity contribution in [2.45, 2.75) is 37.8 Å². The molecule has 1 N–H and O–H groups in total. The van der Waals surface area contributed by atoms with Crippen LogP contribution in [0.4, 0.5) is 5.69 Å². The fourth-order valence-electron chi connectivity index (χ4n) is 3.93. The van der Waals surface area contributed by atoms with Crippen LogP contribution in [-0.2, 0) is 26.2 Å². The summed E-state index contributed by atoms with van der Waals surface area (Å²) in [5.41, 5.74) is 1.41. The topological polar surface area (TPSA) is 86.8 Å². The molecule has 3 aromatic carbocycles. The Balaban J connectivity index is 2.11. The number of hydrogen-bond acceptors (Lipinski definition) is 4. The maximum Gasteiger partial charge on any atom is 0.264 e. The minimum absolute atomic E-state index is 0.00328. The number of carbonyl (C=O) groups excluding carboxylic acids is 2. The van der Waals surface area contributed by atoms with Gasteiger partial charge < -0.3 is 10.2 Å². The number of hydrogen-bond donors (Lipinski definition) is 1. The highest BCUT2D eigenvalue weighted by Crippen LogP contribution is 2.30. The van der Waals surface area contributed by atoms with E-state index >= 15 is 0 Å². The Morgan fingerprint density at radius 3 is 2.11 bits per heavy atom. The van der Waals surface area contributed by atoms with Crippen molar-refractivity contribution in [1.29, 1.82) is 0 Å². The molecule has 7 nitrogen and oxygen atoms in total. The van der Waals surface area contributed by atoms with Crippen molar-refractivity contribution < 1.29 is 18.0 Å². The predicted molar refractivity (Wildman–Crippen MR) is 152 cm³/mol. The van der Waals surface area contributed by atoms with Gasteiger partial charge in [0.15, 0.2) is 0 Å². The van der Waals surface area contributed by atoms with E-state index in [-0.39, 0.29) is 23.5 Å². The number of nitrogens with zero attached hydrogens (tertiary/aromatic N) is 2. The summed E-state index contributed by atoms with van der Waals surface area (Å²) < 4.78 is 28.5. The van der Waals surface area contributed by atoms with E-state index in [2.05, 4.69) is 5.32 Å². The Morgan fingerprint density at radius 2 is 1.55 bits per heavy atom. The van der Waals surface area contributed by atoms with Crippen LogP contribution < -0.4 is 9.62 Å². The average Bonchev–Trinajstić information content (AvgIpc) is 2.90. The van der Waals surface area contributed by atoms with Crippen LogP contribution in [0, 0.1) is 6.92 Å². The summed E-state index contributed by atoms with van der Waals surface area (Å²) in [7, 11) is -2.72. The molecule has 0 fully saturated rings. The third-order valence-corrected chi connectivity index (χ3v) is 8.98. The lowest BCUT2D eigenvalue weighted by Crippen LogP contribution is -2.51. The van der Waals surface area contributed by atoms with Gasteiger partial charge in [-0.1, -0.05) is 72.1 Å². The second-order valence-electron chi connectivity index (χ2n) is 8.52. The zero-order valence-electron chi connectivity index (χ0n) is 21.1. The van der Waals surface area contributed by atoms with Gasteiger partial charge in [-0.15, -0.1) is 0 Å². The highest BCUT2D eigenvalue weighted by Gasteiger charge is 2.34. The van der Waals surface area contributed by atoms with E-state index in [1.807, 2.05) is 0 Å². The lowest BCUT2D eigenvalue weighted by atomic mass is 10.1. The minimum atomic E-state index is -4.19. The lowest BCUT2D eigenvalue weighted by molar-refractivity contribution is -0.140. The number of rotatable bonds is 10. The van der Waals surface area contributed by atoms with Crippen LogP contribution in [0.2, 0.25) is 15.1 Å². The predicted octanol–water partition coefficient (Wildman–Crippen LogP) is 5.70. The molecular weight excluding hydrogens is 569 g/mol. The summed E-state index contributed by atoms with van der Waals surface area (Å²) in [5, 5.41) is 3.56. The molecular formula is C27H28Cl3N3O4S. The lowest BCUT2D eigenvalue weighted by Gasteiger charge is -2.33. The van der Waals surface area contributed by atoms with Crippen LogP contribution in [0.25, 0.3) is 0 Å². The van der Waals surface area contributed by atoms with Gasteiger partial charge in [-0.3, -0.25) is 13.9 Å². The van der Waals surface area contributed by atoms with Crippen molar-refractivity contribution in [3.8, 4) is 0 Å². The Hall–Kier alpha value is -2.78. The first-order chi connectivity index (χ1) is 18.0. The quantitative estimate of drug-likeness (QED) is 0.325. The van der Waals surface area contributed by atoms with Crippen molar-refractivity contribution in [2.24, 2.45) is 0 Å². The normalized spacial score (nSPS) is 12.1. The van der Waals surface area contributed by atoms with Gasteiger partial charge in [-0.2, -0.15) is 0 Å². The summed E-state index contributed by atoms with van der Waals surface area (Å²) in [6.07, 6.45) is 0.273. The number of nitrogens with one attached hydrogen (secondary N) is 1. The van der Waals surface area contributed by atoms with Gasteiger partial charge in [-0.05, 0) is 55.3 Å². The van der Waals surface area contributed by atoms with Gasteiger partial charge >= 0.3 is 0 Å². The van der Waals surface area contributed by atoms with Crippen molar-refractivity contribution in [3.05, 3.63) is 92.9 Å². The van der Waals surface area contributed by atoms with Crippen LogP contribution in [0.3, 0.4) is 0 Å². The maximum atomic E-state index is 13.9. The highest BCUT2D eigenvalue weighted by molar-refractivity contribution is 7.92. The Bertz CT molecular complexity index is 1400. The summed E-state index contributed by atoms with van der Waals surface area (Å²) >= 11 is 19.1. The molecule has 2 amide bonds. The summed E-state index contributed by atoms with van der Waals surface area (Å²) in [5.74, 6) is -1.02. The highest BCUT2D eigenvalue weighted by atomic mass is 35.5. The molecule has 0 bridgehead atoms. The van der Waals surface area contributed by atoms with Crippen molar-refractivity contribution in [3.63, 3.8) is 0 Å². The van der Waals surface area contributed by atoms with E-state index in [0.717, 1.165) is 9.87 Å². The first-order valence-electron chi connectivity index (χ1n) is 11.8. The zero-order chi connectivity index (χ0) is 28.0. The molecule has 0 aliphatic heterocycles. The summed E-state index contributed by atoms with van der Waals surface area (Å²) in [6.45, 7) is 2.85. The first kappa shape index (κ1) is 29.8. The SMILES string of the molecule is CC[C@H](C(=O)NC)N(Cc1c(Cl)cccc1Cl)C(=O)CN(c1ccc(C)c(Cl)c1)S(=O)(=O)c1ccccc1. The first-order valence-corrected chi connectivity index (χ1v) is 14.4. The van der Waals surface area contributed by atoms with Gasteiger partial charge in [0.05, 0.1) is 10.6 Å². The maximum absolute atomic E-state index is 13.9. The van der Waals surface area contributed by atoms with Crippen LogP contribution in [0.5, 0.6) is 0 Å². The summed E-state index contributed by atoms with van der Waals surface area (Å²) in [4.78, 5) is 28.0. The van der Waals surface area contributed by atoms with Crippen LogP contribution in [0.1, 0.15) is 24.5 Å². The Labute approximate surface area is 238 Å². The third-order valence-electron chi connectivity index (χ3n) is 6.08. The monoisotopic (exact) mass is 595 g/mol. The second-order valence-corrected chi connectivity index (χ2v) is 11.6. The number of likely N-dealkylation sites (N-methyl/N-ethyl adjacent to an activating group) is 1. The van der Waals surface area contributed by atoms with Crippen molar-refractivity contribution in [2.75, 3.05) is 17.9 Å². The molecule has 0 aliphatic rings. The van der Waals surface area contributed by atoms with Gasteiger partial charge in [-0.25, -0.2) is 8.42 Å². The van der Waals surface area contributed by atoms with Gasteiger partial charge in [0, 0.05) is 34.2 Å². The van der Waals surface area contributed by atoms with Crippen molar-refractivity contribution in [1.82, 2.24) is 10.2 Å². The minimum Gasteiger partial charge on any atom is -0.357 e. The van der Waals surface area contributed by atoms with Gasteiger partial charge in [0.2, 0.25) is 11.8 Å². The molecule has 0 spiro atoms. The van der Waals surface area contributed by atoms with Gasteiger partial charge in [0.25, 0.3) is 10.0 Å². The number of carbonyl (C=O) groups is 2. The molecule has 0 saturated carbocycles. The van der Waals surface area contributed by atoms with E-state index in [0.29, 0.717) is 20.6 Å². The zero-order valence-corrected chi connectivity index (χ0v) is 24.2. The van der Waals surface area contributed by atoms with Crippen LogP contribution in [-0.4, -0.2) is 44.8 Å². The number of halogens is 3. The van der Waals surface area contributed by atoms with E-state index in [9.17, 15) is 18.0 Å². The largest absolute Gasteiger partial charge is 0.357 e. The van der Waals surface area contributed by atoms with E-state index in [1.165, 1.54) is 30.1 Å². The Kier molecular flexibility index (Phi) is 10.1. The molecule has 38 heavy (non-hydrogen) atoms. The number of benzene rings is 3. The number of amides is 2. The average molecular weight is 597 g/mol. The standard InChI is InChI=1S/C27H28Cl3N3O4S/c1-4-25(27(35)31-3)32(16-21-22(28)11-8-12-23(21)29)26(34)17-33(19-14-13-18(2)24(30)15-19)38(36,37)20-9-6-5-7-10-20/h5-15,25H,4,16-17H2,1-3H3,(H,31,35)/t25-/m1/s1. The molecule has 0 heterocycles. The molecule has 3 rings (SSSR count). The molecule has 0 aliphatic carbocycles. The fourth-order valence-corrected chi connectivity index (χ4v) is 6.04. The smallest absolute Gasteiger partial charge is 0.264 e. The molecule has 1 atom stereocenters. The van der Waals surface area contributed by atoms with Crippen molar-refractivity contribution >= 4 is 62.3 Å². The Morgan fingerprint density at radius 1 is 0.921 bits per heavy atom. The third kappa shape index (κ3) is 6.61. The molecule has 0 aromatic heterocycles.